The lowest BCUT2D eigenvalue weighted by atomic mass is 9.69. The van der Waals surface area contributed by atoms with Gasteiger partial charge in [0.05, 0.1) is 47.5 Å². The topological polar surface area (TPSA) is 126 Å². The first-order chi connectivity index (χ1) is 27.2. The maximum Gasteiger partial charge on any atom is 0.488 e. The highest BCUT2D eigenvalue weighted by Crippen LogP contribution is 2.51. The number of carbonyl (C=O) groups is 2. The van der Waals surface area contributed by atoms with Crippen molar-refractivity contribution in [3.05, 3.63) is 123 Å². The van der Waals surface area contributed by atoms with Crippen molar-refractivity contribution in [2.75, 3.05) is 25.2 Å². The molecular weight excluding hydrogens is 848 g/mol. The van der Waals surface area contributed by atoms with Crippen LogP contribution in [0.4, 0.5) is 5.69 Å². The number of fused-ring (bicyclic) bond motifs is 3. The summed E-state index contributed by atoms with van der Waals surface area (Å²) in [7, 11) is -3.16. The summed E-state index contributed by atoms with van der Waals surface area (Å²) in [4.78, 5) is 30.0. The molecule has 12 heteroatoms. The summed E-state index contributed by atoms with van der Waals surface area (Å²) in [5.74, 6) is -1.59. The number of imide groups is 1. The van der Waals surface area contributed by atoms with Crippen LogP contribution in [-0.2, 0) is 18.8 Å². The summed E-state index contributed by atoms with van der Waals surface area (Å²) >= 11 is 2.10. The Balaban J connectivity index is 1.26. The number of hydrogen-bond donors (Lipinski definition) is 3. The zero-order chi connectivity index (χ0) is 40.6. The van der Waals surface area contributed by atoms with Crippen molar-refractivity contribution < 1.29 is 38.6 Å². The predicted molar refractivity (Wildman–Crippen MR) is 234 cm³/mol. The van der Waals surface area contributed by atoms with E-state index in [1.54, 1.807) is 18.2 Å². The van der Waals surface area contributed by atoms with Crippen molar-refractivity contribution in [1.29, 1.82) is 0 Å². The van der Waals surface area contributed by atoms with Crippen LogP contribution in [0.3, 0.4) is 0 Å². The van der Waals surface area contributed by atoms with Crippen LogP contribution in [0.15, 0.2) is 114 Å². The third-order valence-corrected chi connectivity index (χ3v) is 17.6. The number of methoxy groups -OCH3 is 1. The summed E-state index contributed by atoms with van der Waals surface area (Å²) in [6, 6.07) is 31.0. The van der Waals surface area contributed by atoms with Gasteiger partial charge in [-0.05, 0) is 111 Å². The molecule has 0 bridgehead atoms. The number of benzene rings is 4. The van der Waals surface area contributed by atoms with Gasteiger partial charge in [0.1, 0.15) is 0 Å². The molecule has 0 radical (unpaired) electrons. The van der Waals surface area contributed by atoms with E-state index in [0.29, 0.717) is 40.9 Å². The molecule has 296 valence electrons. The number of amides is 2. The first kappa shape index (κ1) is 41.1. The number of phenols is 1. The van der Waals surface area contributed by atoms with Gasteiger partial charge >= 0.3 is 7.12 Å². The van der Waals surface area contributed by atoms with Crippen LogP contribution in [-0.4, -0.2) is 68.8 Å². The highest BCUT2D eigenvalue weighted by Gasteiger charge is 2.58. The van der Waals surface area contributed by atoms with E-state index < -0.39 is 27.3 Å². The lowest BCUT2D eigenvalue weighted by Crippen LogP contribution is -2.66. The highest BCUT2D eigenvalue weighted by molar-refractivity contribution is 14.1. The van der Waals surface area contributed by atoms with E-state index in [0.717, 1.165) is 32.7 Å². The van der Waals surface area contributed by atoms with Gasteiger partial charge in [0.2, 0.25) is 11.8 Å². The van der Waals surface area contributed by atoms with E-state index in [1.165, 1.54) is 18.1 Å². The molecule has 0 unspecified atom stereocenters. The fourth-order valence-electron chi connectivity index (χ4n) is 9.19. The normalized spacial score (nSPS) is 21.2. The van der Waals surface area contributed by atoms with Gasteiger partial charge in [-0.2, -0.15) is 0 Å². The number of phenolic OH excluding ortho intramolecular Hbond substituents is 1. The lowest BCUT2D eigenvalue weighted by molar-refractivity contribution is -0.122. The molecule has 4 atom stereocenters. The van der Waals surface area contributed by atoms with Gasteiger partial charge in [0, 0.05) is 5.92 Å². The van der Waals surface area contributed by atoms with E-state index in [-0.39, 0.29) is 46.7 Å². The monoisotopic (exact) mass is 897 g/mol. The van der Waals surface area contributed by atoms with E-state index >= 15 is 0 Å². The van der Waals surface area contributed by atoms with Gasteiger partial charge < -0.3 is 29.1 Å². The maximum atomic E-state index is 14.4. The Labute approximate surface area is 349 Å². The highest BCUT2D eigenvalue weighted by atomic mass is 127. The Bertz CT molecular complexity index is 2170. The zero-order valence-corrected chi connectivity index (χ0v) is 36.1. The van der Waals surface area contributed by atoms with Gasteiger partial charge in [0.25, 0.3) is 8.32 Å². The number of aromatic hydroxyl groups is 1. The molecule has 0 aromatic heterocycles. The minimum Gasteiger partial charge on any atom is -0.504 e. The number of ether oxygens (including phenoxy) is 2. The molecular formula is C45H49BINO8Si. The molecule has 57 heavy (non-hydrogen) atoms. The van der Waals surface area contributed by atoms with E-state index in [4.69, 9.17) is 13.9 Å². The Morgan fingerprint density at radius 2 is 1.61 bits per heavy atom. The van der Waals surface area contributed by atoms with Crippen LogP contribution in [0.5, 0.6) is 11.5 Å². The van der Waals surface area contributed by atoms with E-state index in [9.17, 15) is 24.7 Å². The second-order valence-electron chi connectivity index (χ2n) is 16.3. The second kappa shape index (κ2) is 16.7. The number of anilines is 1. The molecule has 2 aliphatic heterocycles. The first-order valence-electron chi connectivity index (χ1n) is 19.4. The molecule has 1 aliphatic carbocycles. The van der Waals surface area contributed by atoms with Crippen molar-refractivity contribution in [3.8, 4) is 11.5 Å². The third-order valence-electron chi connectivity index (χ3n) is 11.8. The molecule has 3 N–H and O–H groups in total. The predicted octanol–water partition coefficient (Wildman–Crippen LogP) is 5.97. The first-order valence-corrected chi connectivity index (χ1v) is 22.4. The molecule has 2 heterocycles. The Morgan fingerprint density at radius 3 is 2.23 bits per heavy atom. The average Bonchev–Trinajstić information content (AvgIpc) is 3.73. The van der Waals surface area contributed by atoms with Crippen LogP contribution in [0.2, 0.25) is 5.04 Å². The van der Waals surface area contributed by atoms with Crippen molar-refractivity contribution in [2.24, 2.45) is 17.8 Å². The summed E-state index contributed by atoms with van der Waals surface area (Å²) in [6.07, 6.45) is 3.55. The number of carbonyl (C=O) groups excluding carboxylic acids is 2. The van der Waals surface area contributed by atoms with Crippen LogP contribution >= 0.6 is 22.6 Å². The van der Waals surface area contributed by atoms with Crippen molar-refractivity contribution >= 4 is 77.4 Å². The average molecular weight is 898 g/mol. The lowest BCUT2D eigenvalue weighted by Gasteiger charge is -2.44. The van der Waals surface area contributed by atoms with Crippen molar-refractivity contribution in [2.45, 2.75) is 58.1 Å². The van der Waals surface area contributed by atoms with Crippen LogP contribution < -0.4 is 25.5 Å². The summed E-state index contributed by atoms with van der Waals surface area (Å²) in [5.41, 5.74) is 4.64. The Morgan fingerprint density at radius 1 is 0.947 bits per heavy atom. The molecule has 2 amide bonds. The largest absolute Gasteiger partial charge is 0.504 e. The molecule has 0 spiro atoms. The number of nitrogens with zero attached hydrogens (tertiary/aromatic N) is 1. The molecule has 7 rings (SSSR count). The van der Waals surface area contributed by atoms with Crippen LogP contribution in [0.25, 0.3) is 6.08 Å². The molecule has 0 saturated carbocycles. The third kappa shape index (κ3) is 7.80. The van der Waals surface area contributed by atoms with Crippen molar-refractivity contribution in [3.63, 3.8) is 0 Å². The smallest absolute Gasteiger partial charge is 0.488 e. The van der Waals surface area contributed by atoms with Crippen molar-refractivity contribution in [1.82, 2.24) is 0 Å². The number of allylic oxidation sites excluding steroid dienone is 1. The van der Waals surface area contributed by atoms with Crippen LogP contribution in [0.1, 0.15) is 52.5 Å². The van der Waals surface area contributed by atoms with Gasteiger partial charge in [0.15, 0.2) is 11.5 Å². The maximum absolute atomic E-state index is 14.4. The summed E-state index contributed by atoms with van der Waals surface area (Å²) in [5, 5.41) is 32.2. The molecule has 9 nitrogen and oxygen atoms in total. The summed E-state index contributed by atoms with van der Waals surface area (Å²) in [6.45, 7) is 9.40. The van der Waals surface area contributed by atoms with Gasteiger partial charge in [-0.3, -0.25) is 14.5 Å². The minimum atomic E-state index is -2.97. The van der Waals surface area contributed by atoms with Gasteiger partial charge in [-0.1, -0.05) is 105 Å². The fraction of sp³-hybridized carbons (Fsp3) is 0.333. The minimum absolute atomic E-state index is 0.117. The Hall–Kier alpha value is -4.05. The fourth-order valence-corrected chi connectivity index (χ4v) is 14.4. The quantitative estimate of drug-likeness (QED) is 0.0689. The summed E-state index contributed by atoms with van der Waals surface area (Å²) < 4.78 is 20.2. The number of rotatable bonds is 12. The second-order valence-corrected chi connectivity index (χ2v) is 21.8. The molecule has 4 aromatic rings. The van der Waals surface area contributed by atoms with Gasteiger partial charge in [-0.15, -0.1) is 0 Å². The molecule has 2 saturated heterocycles. The van der Waals surface area contributed by atoms with E-state index in [2.05, 4.69) is 105 Å². The Kier molecular flexibility index (Phi) is 12.0. The standard InChI is InChI=1S/C45H49BINO8Si/c1-28(21-29-22-37(47)42(49)39(23-29)54-5)19-20-38-40-30(26-56-57(45(2,3)4,33-15-8-6-9-16-33)34-17-10-7-11-18-34)24-35-41(36(40)27-55-38)44(51)48(43(35)50)32-14-12-13-31(25-32)46(52)53/h6-18,21-23,25,35-36,38,41,49,52-53H,19-20,24,26-27H2,1-5H3/b28-21+/t35-,36+,38-,41-/m1/s1. The SMILES string of the molecule is COc1cc(/C=C(\C)CC[C@H]2OC[C@H]3C2=C(CO[Si](c2ccccc2)(c2ccccc2)C(C)(C)C)C[C@H]2C(=O)N(c4cccc(B(O)O)c4)C(=O)[C@H]23)cc(I)c1O. The molecule has 2 fully saturated rings. The molecule has 4 aromatic carbocycles. The molecule has 3 aliphatic rings. The number of halogens is 1. The zero-order valence-electron chi connectivity index (χ0n) is 32.9. The van der Waals surface area contributed by atoms with Gasteiger partial charge in [-0.25, -0.2) is 0 Å². The van der Waals surface area contributed by atoms with Crippen LogP contribution in [0, 0.1) is 21.3 Å². The number of hydrogen-bond acceptors (Lipinski definition) is 8. The van der Waals surface area contributed by atoms with E-state index in [1.807, 2.05) is 24.3 Å².